The lowest BCUT2D eigenvalue weighted by Gasteiger charge is -2.31. The number of hydrogen-bond donors (Lipinski definition) is 3. The number of ketones is 1. The highest BCUT2D eigenvalue weighted by atomic mass is 16.6. The van der Waals surface area contributed by atoms with E-state index in [1.54, 1.807) is 20.1 Å². The second-order valence-electron chi connectivity index (χ2n) is 13.3. The summed E-state index contributed by atoms with van der Waals surface area (Å²) >= 11 is 0. The first-order chi connectivity index (χ1) is 20.9. The average molecular weight is 613 g/mol. The smallest absolute Gasteiger partial charge is 0.408 e. The van der Waals surface area contributed by atoms with Crippen molar-refractivity contribution < 1.29 is 29.0 Å². The minimum absolute atomic E-state index is 0.0404. The Bertz CT molecular complexity index is 1260. The Hall–Kier alpha value is -3.43. The van der Waals surface area contributed by atoms with Crippen LogP contribution < -0.4 is 15.4 Å². The maximum absolute atomic E-state index is 13.1. The SMILES string of the molecule is CC[C@H](CCNC(=O)[C@@H](NC(=O)OC1CCC[C@H]1CCCCCc1nc2ccc(OC)cc2nc1O)C(C)(C)C)CC(C)=O. The van der Waals surface area contributed by atoms with Gasteiger partial charge < -0.3 is 30.0 Å². The molecular weight excluding hydrogens is 560 g/mol. The van der Waals surface area contributed by atoms with Gasteiger partial charge in [0.05, 0.1) is 18.1 Å². The second kappa shape index (κ2) is 16.6. The number of nitrogens with one attached hydrogen (secondary N) is 2. The summed E-state index contributed by atoms with van der Waals surface area (Å²) in [5.41, 5.74) is 1.42. The number of amides is 2. The van der Waals surface area contributed by atoms with Gasteiger partial charge in [0.15, 0.2) is 0 Å². The number of aromatic nitrogens is 2. The fourth-order valence-corrected chi connectivity index (χ4v) is 6.04. The number of alkyl carbamates (subject to hydrolysis) is 1. The number of hydrogen-bond acceptors (Lipinski definition) is 8. The first-order valence-corrected chi connectivity index (χ1v) is 16.2. The number of carbonyl (C=O) groups is 3. The predicted molar refractivity (Wildman–Crippen MR) is 171 cm³/mol. The van der Waals surface area contributed by atoms with Crippen LogP contribution in [0.1, 0.15) is 105 Å². The predicted octanol–water partition coefficient (Wildman–Crippen LogP) is 6.27. The van der Waals surface area contributed by atoms with Crippen LogP contribution in [0.4, 0.5) is 4.79 Å². The van der Waals surface area contributed by atoms with E-state index in [-0.39, 0.29) is 29.6 Å². The normalized spacial score (nSPS) is 18.0. The Labute approximate surface area is 262 Å². The molecule has 1 aliphatic carbocycles. The van der Waals surface area contributed by atoms with Crippen LogP contribution in [0.5, 0.6) is 11.6 Å². The highest BCUT2D eigenvalue weighted by Gasteiger charge is 2.35. The number of ether oxygens (including phenoxy) is 2. The maximum Gasteiger partial charge on any atom is 0.408 e. The Morgan fingerprint density at radius 1 is 1.09 bits per heavy atom. The third-order valence-electron chi connectivity index (χ3n) is 8.65. The number of nitrogens with zero attached hydrogens (tertiary/aromatic N) is 2. The van der Waals surface area contributed by atoms with E-state index in [2.05, 4.69) is 20.6 Å². The fourth-order valence-electron chi connectivity index (χ4n) is 6.04. The van der Waals surface area contributed by atoms with Crippen LogP contribution >= 0.6 is 0 Å². The third kappa shape index (κ3) is 10.6. The Kier molecular flexibility index (Phi) is 13.2. The summed E-state index contributed by atoms with van der Waals surface area (Å²) in [6.07, 6.45) is 8.67. The standard InChI is InChI=1S/C34H52N4O6/c1-7-23(20-22(2)39)18-19-35-32(41)30(34(3,4)5)38-33(42)44-29-15-11-13-24(29)12-9-8-10-14-27-31(40)37-28-21-25(43-6)16-17-26(28)36-27/h16-17,21,23-24,29-30H,7-15,18-20H2,1-6H3,(H,35,41)(H,37,40)(H,38,42)/t23-,24-,29?,30-/m1/s1. The number of Topliss-reactive ketones (excluding diaryl/α,β-unsaturated/α-hetero) is 1. The molecule has 44 heavy (non-hydrogen) atoms. The highest BCUT2D eigenvalue weighted by molar-refractivity contribution is 5.86. The molecule has 1 saturated carbocycles. The zero-order valence-electron chi connectivity index (χ0n) is 27.4. The lowest BCUT2D eigenvalue weighted by atomic mass is 9.86. The average Bonchev–Trinajstić information content (AvgIpc) is 3.40. The molecule has 0 radical (unpaired) electrons. The molecule has 0 bridgehead atoms. The van der Waals surface area contributed by atoms with Crippen molar-refractivity contribution in [3.05, 3.63) is 23.9 Å². The summed E-state index contributed by atoms with van der Waals surface area (Å²) in [5, 5.41) is 16.2. The van der Waals surface area contributed by atoms with Crippen LogP contribution in [0, 0.1) is 17.3 Å². The van der Waals surface area contributed by atoms with E-state index in [9.17, 15) is 19.5 Å². The summed E-state index contributed by atoms with van der Waals surface area (Å²) in [7, 11) is 1.59. The first-order valence-electron chi connectivity index (χ1n) is 16.2. The molecule has 1 aromatic heterocycles. The van der Waals surface area contributed by atoms with Crippen LogP contribution in [0.25, 0.3) is 11.0 Å². The molecule has 2 aromatic rings. The lowest BCUT2D eigenvalue weighted by molar-refractivity contribution is -0.125. The van der Waals surface area contributed by atoms with Gasteiger partial charge in [-0.05, 0) is 81.3 Å². The van der Waals surface area contributed by atoms with E-state index < -0.39 is 17.6 Å². The van der Waals surface area contributed by atoms with Gasteiger partial charge in [0.1, 0.15) is 29.4 Å². The molecule has 0 spiro atoms. The molecule has 0 aliphatic heterocycles. The van der Waals surface area contributed by atoms with Crippen LogP contribution in [-0.4, -0.2) is 58.7 Å². The zero-order chi connectivity index (χ0) is 32.3. The zero-order valence-corrected chi connectivity index (χ0v) is 27.4. The molecule has 10 nitrogen and oxygen atoms in total. The summed E-state index contributed by atoms with van der Waals surface area (Å²) in [6.45, 7) is 9.85. The lowest BCUT2D eigenvalue weighted by Crippen LogP contribution is -2.54. The molecule has 1 heterocycles. The van der Waals surface area contributed by atoms with Gasteiger partial charge in [0, 0.05) is 19.0 Å². The van der Waals surface area contributed by atoms with E-state index in [1.165, 1.54) is 0 Å². The van der Waals surface area contributed by atoms with Crippen molar-refractivity contribution in [2.24, 2.45) is 17.3 Å². The van der Waals surface area contributed by atoms with Crippen molar-refractivity contribution in [2.45, 2.75) is 117 Å². The molecule has 2 amide bonds. The Morgan fingerprint density at radius 3 is 2.55 bits per heavy atom. The molecule has 3 rings (SSSR count). The van der Waals surface area contributed by atoms with Gasteiger partial charge in [-0.25, -0.2) is 14.8 Å². The Morgan fingerprint density at radius 2 is 1.86 bits per heavy atom. The van der Waals surface area contributed by atoms with Crippen molar-refractivity contribution in [3.8, 4) is 11.6 Å². The molecule has 0 saturated heterocycles. The molecule has 1 aliphatic rings. The van der Waals surface area contributed by atoms with Crippen molar-refractivity contribution in [3.63, 3.8) is 0 Å². The number of carbonyl (C=O) groups excluding carboxylic acids is 3. The molecule has 10 heteroatoms. The minimum atomic E-state index is -0.737. The number of aryl methyl sites for hydroxylation is 1. The maximum atomic E-state index is 13.1. The van der Waals surface area contributed by atoms with Gasteiger partial charge in [-0.15, -0.1) is 0 Å². The Balaban J connectivity index is 1.43. The van der Waals surface area contributed by atoms with Crippen LogP contribution in [-0.2, 0) is 20.7 Å². The summed E-state index contributed by atoms with van der Waals surface area (Å²) in [4.78, 5) is 46.4. The van der Waals surface area contributed by atoms with Crippen molar-refractivity contribution in [2.75, 3.05) is 13.7 Å². The van der Waals surface area contributed by atoms with Gasteiger partial charge in [0.2, 0.25) is 11.8 Å². The number of fused-ring (bicyclic) bond motifs is 1. The van der Waals surface area contributed by atoms with Crippen LogP contribution in [0.3, 0.4) is 0 Å². The van der Waals surface area contributed by atoms with E-state index in [4.69, 9.17) is 9.47 Å². The number of methoxy groups -OCH3 is 1. The van der Waals surface area contributed by atoms with Crippen LogP contribution in [0.15, 0.2) is 18.2 Å². The summed E-state index contributed by atoms with van der Waals surface area (Å²) < 4.78 is 11.1. The van der Waals surface area contributed by atoms with Crippen LogP contribution in [0.2, 0.25) is 0 Å². The largest absolute Gasteiger partial charge is 0.497 e. The molecule has 1 fully saturated rings. The monoisotopic (exact) mass is 612 g/mol. The number of rotatable bonds is 16. The molecule has 244 valence electrons. The minimum Gasteiger partial charge on any atom is -0.497 e. The second-order valence-corrected chi connectivity index (χ2v) is 13.3. The number of benzene rings is 1. The van der Waals surface area contributed by atoms with E-state index >= 15 is 0 Å². The summed E-state index contributed by atoms with van der Waals surface area (Å²) in [6, 6.07) is 4.70. The van der Waals surface area contributed by atoms with Crippen molar-refractivity contribution in [1.29, 1.82) is 0 Å². The van der Waals surface area contributed by atoms with E-state index in [0.717, 1.165) is 63.3 Å². The first kappa shape index (κ1) is 35.1. The molecule has 4 atom stereocenters. The summed E-state index contributed by atoms with van der Waals surface area (Å²) in [5.74, 6) is 1.08. The highest BCUT2D eigenvalue weighted by Crippen LogP contribution is 2.33. The molecule has 3 N–H and O–H groups in total. The quantitative estimate of drug-likeness (QED) is 0.189. The topological polar surface area (TPSA) is 140 Å². The number of unbranched alkanes of at least 4 members (excludes halogenated alkanes) is 2. The molecule has 1 unspecified atom stereocenters. The van der Waals surface area contributed by atoms with Gasteiger partial charge in [0.25, 0.3) is 0 Å². The van der Waals surface area contributed by atoms with Gasteiger partial charge >= 0.3 is 6.09 Å². The van der Waals surface area contributed by atoms with E-state index in [0.29, 0.717) is 42.3 Å². The van der Waals surface area contributed by atoms with Gasteiger partial charge in [-0.2, -0.15) is 0 Å². The fraction of sp³-hybridized carbons (Fsp3) is 0.676. The van der Waals surface area contributed by atoms with Gasteiger partial charge in [-0.1, -0.05) is 47.0 Å². The number of aromatic hydroxyl groups is 1. The van der Waals surface area contributed by atoms with Gasteiger partial charge in [-0.3, -0.25) is 4.79 Å². The van der Waals surface area contributed by atoms with Crippen molar-refractivity contribution in [1.82, 2.24) is 20.6 Å². The molecular formula is C34H52N4O6. The third-order valence-corrected chi connectivity index (χ3v) is 8.65. The van der Waals surface area contributed by atoms with Crippen molar-refractivity contribution >= 4 is 28.8 Å². The van der Waals surface area contributed by atoms with E-state index in [1.807, 2.05) is 39.8 Å². The molecule has 1 aromatic carbocycles.